The van der Waals surface area contributed by atoms with Crippen molar-refractivity contribution in [3.8, 4) is 0 Å². The predicted molar refractivity (Wildman–Crippen MR) is 73.8 cm³/mol. The second kappa shape index (κ2) is 4.28. The molecular formula is C17H30. The molecule has 0 amide bonds. The van der Waals surface area contributed by atoms with Crippen LogP contribution in [0.15, 0.2) is 0 Å². The molecule has 5 atom stereocenters. The summed E-state index contributed by atoms with van der Waals surface area (Å²) in [6.07, 6.45) is 12.2. The van der Waals surface area contributed by atoms with E-state index in [9.17, 15) is 0 Å². The Morgan fingerprint density at radius 2 is 1.29 bits per heavy atom. The van der Waals surface area contributed by atoms with Gasteiger partial charge in [-0.25, -0.2) is 0 Å². The van der Waals surface area contributed by atoms with Gasteiger partial charge in [-0.05, 0) is 60.7 Å². The molecule has 0 heterocycles. The summed E-state index contributed by atoms with van der Waals surface area (Å²) in [7, 11) is 0. The van der Waals surface area contributed by atoms with Gasteiger partial charge in [0.15, 0.2) is 0 Å². The Morgan fingerprint density at radius 1 is 0.706 bits per heavy atom. The number of hydrogen-bond donors (Lipinski definition) is 0. The van der Waals surface area contributed by atoms with Crippen LogP contribution in [0, 0.1) is 35.0 Å². The molecule has 0 spiro atoms. The molecule has 0 saturated heterocycles. The highest BCUT2D eigenvalue weighted by Gasteiger charge is 2.54. The van der Waals surface area contributed by atoms with Crippen LogP contribution in [0.4, 0.5) is 0 Å². The van der Waals surface area contributed by atoms with Crippen molar-refractivity contribution in [2.45, 2.75) is 72.1 Å². The Bertz CT molecular complexity index is 278. The van der Waals surface area contributed by atoms with E-state index in [1.54, 1.807) is 19.3 Å². The lowest BCUT2D eigenvalue weighted by molar-refractivity contribution is 0.128. The van der Waals surface area contributed by atoms with Crippen LogP contribution in [0.1, 0.15) is 72.1 Å². The van der Waals surface area contributed by atoms with Crippen molar-refractivity contribution in [3.05, 3.63) is 0 Å². The van der Waals surface area contributed by atoms with Crippen molar-refractivity contribution in [1.82, 2.24) is 0 Å². The summed E-state index contributed by atoms with van der Waals surface area (Å²) in [5.41, 5.74) is 0.653. The first-order valence-corrected chi connectivity index (χ1v) is 8.10. The summed E-state index contributed by atoms with van der Waals surface area (Å²) < 4.78 is 0. The van der Waals surface area contributed by atoms with Crippen LogP contribution in [0.3, 0.4) is 0 Å². The third-order valence-corrected chi connectivity index (χ3v) is 6.76. The first-order valence-electron chi connectivity index (χ1n) is 8.10. The lowest BCUT2D eigenvalue weighted by atomic mass is 9.68. The van der Waals surface area contributed by atoms with Crippen LogP contribution < -0.4 is 0 Å². The van der Waals surface area contributed by atoms with Gasteiger partial charge in [0.05, 0.1) is 0 Å². The molecule has 17 heavy (non-hydrogen) atoms. The van der Waals surface area contributed by atoms with E-state index in [1.165, 1.54) is 32.1 Å². The minimum Gasteiger partial charge on any atom is -0.0625 e. The first-order chi connectivity index (χ1) is 8.10. The topological polar surface area (TPSA) is 0 Å². The Hall–Kier alpha value is 0. The van der Waals surface area contributed by atoms with E-state index in [0.717, 1.165) is 29.6 Å². The average Bonchev–Trinajstić information content (AvgIpc) is 2.45. The highest BCUT2D eigenvalue weighted by Crippen LogP contribution is 2.62. The van der Waals surface area contributed by atoms with Crippen LogP contribution in [-0.4, -0.2) is 0 Å². The number of rotatable bonds is 0. The standard InChI is InChI=1S/C17H30/c1-12-8-10-14-13-6-4-5-7-15(13)17(2,3)16(14)11-9-12/h12-16H,4-11H2,1-3H3. The van der Waals surface area contributed by atoms with E-state index < -0.39 is 0 Å². The molecular weight excluding hydrogens is 204 g/mol. The van der Waals surface area contributed by atoms with E-state index in [1.807, 2.05) is 0 Å². The van der Waals surface area contributed by atoms with E-state index in [-0.39, 0.29) is 0 Å². The molecule has 0 aromatic rings. The highest BCUT2D eigenvalue weighted by atomic mass is 14.6. The number of hydrogen-bond acceptors (Lipinski definition) is 0. The minimum absolute atomic E-state index is 0.653. The molecule has 0 aliphatic heterocycles. The van der Waals surface area contributed by atoms with Crippen molar-refractivity contribution in [2.24, 2.45) is 35.0 Å². The lowest BCUT2D eigenvalue weighted by Crippen LogP contribution is -2.28. The van der Waals surface area contributed by atoms with Gasteiger partial charge in [-0.3, -0.25) is 0 Å². The quantitative estimate of drug-likeness (QED) is 0.535. The molecule has 0 bridgehead atoms. The van der Waals surface area contributed by atoms with E-state index in [4.69, 9.17) is 0 Å². The molecule has 0 nitrogen and oxygen atoms in total. The average molecular weight is 234 g/mol. The number of fused-ring (bicyclic) bond motifs is 3. The Kier molecular flexibility index (Phi) is 3.04. The maximum Gasteiger partial charge on any atom is -0.0292 e. The van der Waals surface area contributed by atoms with Crippen molar-refractivity contribution in [1.29, 1.82) is 0 Å². The van der Waals surface area contributed by atoms with E-state index in [2.05, 4.69) is 20.8 Å². The van der Waals surface area contributed by atoms with Crippen molar-refractivity contribution < 1.29 is 0 Å². The monoisotopic (exact) mass is 234 g/mol. The van der Waals surface area contributed by atoms with Gasteiger partial charge in [-0.2, -0.15) is 0 Å². The third kappa shape index (κ3) is 1.87. The fourth-order valence-electron chi connectivity index (χ4n) is 5.81. The molecule has 3 aliphatic carbocycles. The third-order valence-electron chi connectivity index (χ3n) is 6.76. The van der Waals surface area contributed by atoms with Crippen LogP contribution in [-0.2, 0) is 0 Å². The first kappa shape index (κ1) is 12.1. The van der Waals surface area contributed by atoms with Crippen LogP contribution >= 0.6 is 0 Å². The SMILES string of the molecule is CC1CCC2C3CCCCC3C(C)(C)C2CC1. The van der Waals surface area contributed by atoms with E-state index >= 15 is 0 Å². The zero-order valence-electron chi connectivity index (χ0n) is 12.0. The van der Waals surface area contributed by atoms with Gasteiger partial charge in [0.2, 0.25) is 0 Å². The molecule has 3 rings (SSSR count). The summed E-state index contributed by atoms with van der Waals surface area (Å²) >= 11 is 0. The fourth-order valence-corrected chi connectivity index (χ4v) is 5.81. The van der Waals surface area contributed by atoms with Crippen molar-refractivity contribution in [3.63, 3.8) is 0 Å². The highest BCUT2D eigenvalue weighted by molar-refractivity contribution is 5.03. The second-order valence-electron chi connectivity index (χ2n) is 7.91. The summed E-state index contributed by atoms with van der Waals surface area (Å²) in [5, 5.41) is 0. The summed E-state index contributed by atoms with van der Waals surface area (Å²) in [4.78, 5) is 0. The van der Waals surface area contributed by atoms with Gasteiger partial charge in [0.25, 0.3) is 0 Å². The molecule has 0 heteroatoms. The largest absolute Gasteiger partial charge is 0.0625 e. The summed E-state index contributed by atoms with van der Waals surface area (Å²) in [6, 6.07) is 0. The maximum atomic E-state index is 2.61. The molecule has 0 N–H and O–H groups in total. The minimum atomic E-state index is 0.653. The molecule has 0 aromatic carbocycles. The van der Waals surface area contributed by atoms with Gasteiger partial charge in [0.1, 0.15) is 0 Å². The van der Waals surface area contributed by atoms with Crippen molar-refractivity contribution >= 4 is 0 Å². The Labute approximate surface area is 108 Å². The molecule has 3 aliphatic rings. The zero-order valence-corrected chi connectivity index (χ0v) is 12.0. The molecule has 0 radical (unpaired) electrons. The smallest absolute Gasteiger partial charge is 0.0292 e. The van der Waals surface area contributed by atoms with Crippen LogP contribution in [0.2, 0.25) is 0 Å². The predicted octanol–water partition coefficient (Wildman–Crippen LogP) is 5.28. The summed E-state index contributed by atoms with van der Waals surface area (Å²) in [5.74, 6) is 5.33. The van der Waals surface area contributed by atoms with Gasteiger partial charge >= 0.3 is 0 Å². The molecule has 98 valence electrons. The lowest BCUT2D eigenvalue weighted by Gasteiger charge is -2.37. The van der Waals surface area contributed by atoms with Gasteiger partial charge in [0, 0.05) is 0 Å². The molecule has 0 aromatic heterocycles. The van der Waals surface area contributed by atoms with Crippen LogP contribution in [0.25, 0.3) is 0 Å². The van der Waals surface area contributed by atoms with Gasteiger partial charge in [-0.1, -0.05) is 46.5 Å². The van der Waals surface area contributed by atoms with Gasteiger partial charge < -0.3 is 0 Å². The molecule has 3 saturated carbocycles. The maximum absolute atomic E-state index is 2.61. The zero-order chi connectivity index (χ0) is 12.0. The van der Waals surface area contributed by atoms with Gasteiger partial charge in [-0.15, -0.1) is 0 Å². The van der Waals surface area contributed by atoms with Crippen molar-refractivity contribution in [2.75, 3.05) is 0 Å². The molecule has 5 unspecified atom stereocenters. The second-order valence-corrected chi connectivity index (χ2v) is 7.91. The van der Waals surface area contributed by atoms with E-state index in [0.29, 0.717) is 5.41 Å². The summed E-state index contributed by atoms with van der Waals surface area (Å²) in [6.45, 7) is 7.69. The Balaban J connectivity index is 1.87. The Morgan fingerprint density at radius 3 is 2.12 bits per heavy atom. The normalized spacial score (nSPS) is 49.2. The molecule has 3 fully saturated rings. The van der Waals surface area contributed by atoms with Crippen LogP contribution in [0.5, 0.6) is 0 Å². The fraction of sp³-hybridized carbons (Fsp3) is 1.00.